The molecule has 0 aliphatic heterocycles. The molecule has 0 aliphatic carbocycles. The smallest absolute Gasteiger partial charge is 0.206 e. The second kappa shape index (κ2) is 7.34. The number of nitrogens with zero attached hydrogens (tertiary/aromatic N) is 2. The van der Waals surface area contributed by atoms with Gasteiger partial charge in [0, 0.05) is 14.7 Å². The molecule has 0 unspecified atom stereocenters. The van der Waals surface area contributed by atoms with Crippen molar-refractivity contribution < 1.29 is 13.2 Å². The Kier molecular flexibility index (Phi) is 5.31. The van der Waals surface area contributed by atoms with Gasteiger partial charge in [0.1, 0.15) is 6.73 Å². The Bertz CT molecular complexity index is 993. The highest BCUT2D eigenvalue weighted by atomic mass is 32.2. The highest BCUT2D eigenvalue weighted by Crippen LogP contribution is 2.24. The van der Waals surface area contributed by atoms with Gasteiger partial charge in [0.05, 0.1) is 27.2 Å². The van der Waals surface area contributed by atoms with Crippen LogP contribution in [0.25, 0.3) is 11.0 Å². The maximum absolute atomic E-state index is 12.7. The summed E-state index contributed by atoms with van der Waals surface area (Å²) in [6, 6.07) is 14.6. The fourth-order valence-electron chi connectivity index (χ4n) is 2.59. The Morgan fingerprint density at radius 3 is 2.46 bits per heavy atom. The summed E-state index contributed by atoms with van der Waals surface area (Å²) < 4.78 is 33.1. The Balaban J connectivity index is 1.79. The molecule has 3 aromatic rings. The summed E-state index contributed by atoms with van der Waals surface area (Å²) in [6.45, 7) is 8.11. The molecule has 0 saturated carbocycles. The van der Waals surface area contributed by atoms with Crippen LogP contribution in [0.4, 0.5) is 0 Å². The molecule has 26 heavy (non-hydrogen) atoms. The molecule has 0 fully saturated rings. The molecular formula is C19H24N2O3SSi. The molecule has 1 aromatic heterocycles. The summed E-state index contributed by atoms with van der Waals surface area (Å²) in [6.07, 6.45) is 1.69. The SMILES string of the molecule is C[Si](C)(C)CCOCn1cnc2cc(S(=O)(=O)c3ccccc3)ccc21. The lowest BCUT2D eigenvalue weighted by atomic mass is 10.3. The minimum atomic E-state index is -3.53. The summed E-state index contributed by atoms with van der Waals surface area (Å²) in [7, 11) is -4.64. The Labute approximate surface area is 155 Å². The first-order valence-corrected chi connectivity index (χ1v) is 13.8. The molecule has 0 aliphatic rings. The van der Waals surface area contributed by atoms with E-state index in [1.54, 1.807) is 54.9 Å². The highest BCUT2D eigenvalue weighted by Gasteiger charge is 2.18. The van der Waals surface area contributed by atoms with E-state index in [1.165, 1.54) is 0 Å². The average Bonchev–Trinajstić information content (AvgIpc) is 3.01. The molecule has 0 atom stereocenters. The molecule has 3 rings (SSSR count). The first-order valence-electron chi connectivity index (χ1n) is 8.60. The lowest BCUT2D eigenvalue weighted by Crippen LogP contribution is -2.21. The van der Waals surface area contributed by atoms with Gasteiger partial charge in [-0.15, -0.1) is 0 Å². The van der Waals surface area contributed by atoms with Gasteiger partial charge in [0.2, 0.25) is 9.84 Å². The van der Waals surface area contributed by atoms with Crippen LogP contribution < -0.4 is 0 Å². The quantitative estimate of drug-likeness (QED) is 0.450. The van der Waals surface area contributed by atoms with Gasteiger partial charge in [-0.2, -0.15) is 0 Å². The molecule has 0 amide bonds. The molecule has 2 aromatic carbocycles. The van der Waals surface area contributed by atoms with Crippen molar-refractivity contribution in [3.63, 3.8) is 0 Å². The van der Waals surface area contributed by atoms with E-state index in [-0.39, 0.29) is 9.79 Å². The number of hydrogen-bond donors (Lipinski definition) is 0. The summed E-state index contributed by atoms with van der Waals surface area (Å²) in [5.74, 6) is 0. The zero-order chi connectivity index (χ0) is 18.8. The Hall–Kier alpha value is -1.96. The highest BCUT2D eigenvalue weighted by molar-refractivity contribution is 7.91. The fourth-order valence-corrected chi connectivity index (χ4v) is 4.65. The molecule has 5 nitrogen and oxygen atoms in total. The van der Waals surface area contributed by atoms with Crippen LogP contribution in [0.2, 0.25) is 25.7 Å². The maximum atomic E-state index is 12.7. The van der Waals surface area contributed by atoms with Crippen molar-refractivity contribution in [2.75, 3.05) is 6.61 Å². The lowest BCUT2D eigenvalue weighted by Gasteiger charge is -2.15. The van der Waals surface area contributed by atoms with Crippen LogP contribution >= 0.6 is 0 Å². The molecule has 0 radical (unpaired) electrons. The van der Waals surface area contributed by atoms with E-state index in [4.69, 9.17) is 4.74 Å². The second-order valence-corrected chi connectivity index (χ2v) is 15.1. The van der Waals surface area contributed by atoms with Crippen LogP contribution in [0.3, 0.4) is 0 Å². The predicted molar refractivity (Wildman–Crippen MR) is 106 cm³/mol. The van der Waals surface area contributed by atoms with E-state index < -0.39 is 17.9 Å². The Morgan fingerprint density at radius 2 is 1.77 bits per heavy atom. The fraction of sp³-hybridized carbons (Fsp3) is 0.316. The first kappa shape index (κ1) is 18.8. The van der Waals surface area contributed by atoms with Crippen molar-refractivity contribution >= 4 is 28.9 Å². The third-order valence-corrected chi connectivity index (χ3v) is 7.65. The predicted octanol–water partition coefficient (Wildman–Crippen LogP) is 4.18. The van der Waals surface area contributed by atoms with Crippen LogP contribution in [0.15, 0.2) is 64.6 Å². The number of aromatic nitrogens is 2. The molecule has 1 heterocycles. The minimum Gasteiger partial charge on any atom is -0.361 e. The van der Waals surface area contributed by atoms with Gasteiger partial charge in [0.15, 0.2) is 0 Å². The molecule has 0 bridgehead atoms. The zero-order valence-corrected chi connectivity index (χ0v) is 17.2. The molecule has 0 N–H and O–H groups in total. The summed E-state index contributed by atoms with van der Waals surface area (Å²) >= 11 is 0. The molecule has 138 valence electrons. The normalized spacial score (nSPS) is 12.6. The summed E-state index contributed by atoms with van der Waals surface area (Å²) in [5.41, 5.74) is 1.51. The standard InChI is InChI=1S/C19H24N2O3SSi/c1-26(2,3)12-11-24-15-21-14-20-18-13-17(9-10-19(18)21)25(22,23)16-7-5-4-6-8-16/h4-10,13-14H,11-12,15H2,1-3H3. The molecular weight excluding hydrogens is 364 g/mol. The van der Waals surface area contributed by atoms with Crippen LogP contribution in [-0.4, -0.2) is 32.6 Å². The van der Waals surface area contributed by atoms with E-state index in [0.29, 0.717) is 12.2 Å². The van der Waals surface area contributed by atoms with Crippen LogP contribution in [0.5, 0.6) is 0 Å². The number of fused-ring (bicyclic) bond motifs is 1. The van der Waals surface area contributed by atoms with Gasteiger partial charge in [-0.25, -0.2) is 13.4 Å². The van der Waals surface area contributed by atoms with Gasteiger partial charge >= 0.3 is 0 Å². The molecule has 0 saturated heterocycles. The van der Waals surface area contributed by atoms with E-state index in [0.717, 1.165) is 18.2 Å². The second-order valence-electron chi connectivity index (χ2n) is 7.53. The largest absolute Gasteiger partial charge is 0.361 e. The zero-order valence-electron chi connectivity index (χ0n) is 15.3. The lowest BCUT2D eigenvalue weighted by molar-refractivity contribution is 0.0898. The molecule has 7 heteroatoms. The molecule has 0 spiro atoms. The summed E-state index contributed by atoms with van der Waals surface area (Å²) in [5, 5.41) is 0. The topological polar surface area (TPSA) is 61.2 Å². The van der Waals surface area contributed by atoms with E-state index >= 15 is 0 Å². The van der Waals surface area contributed by atoms with E-state index in [1.807, 2.05) is 4.57 Å². The van der Waals surface area contributed by atoms with E-state index in [2.05, 4.69) is 24.6 Å². The van der Waals surface area contributed by atoms with Crippen molar-refractivity contribution in [1.29, 1.82) is 0 Å². The van der Waals surface area contributed by atoms with Crippen molar-refractivity contribution in [3.05, 3.63) is 54.9 Å². The van der Waals surface area contributed by atoms with Crippen LogP contribution in [-0.2, 0) is 21.3 Å². The maximum Gasteiger partial charge on any atom is 0.206 e. The van der Waals surface area contributed by atoms with E-state index in [9.17, 15) is 8.42 Å². The van der Waals surface area contributed by atoms with Gasteiger partial charge in [-0.3, -0.25) is 0 Å². The average molecular weight is 389 g/mol. The Morgan fingerprint density at radius 1 is 1.04 bits per heavy atom. The first-order chi connectivity index (χ1) is 12.3. The summed E-state index contributed by atoms with van der Waals surface area (Å²) in [4.78, 5) is 4.88. The number of rotatable bonds is 7. The third-order valence-electron chi connectivity index (χ3n) is 4.18. The monoisotopic (exact) mass is 388 g/mol. The van der Waals surface area contributed by atoms with Crippen molar-refractivity contribution in [2.24, 2.45) is 0 Å². The van der Waals surface area contributed by atoms with Crippen LogP contribution in [0.1, 0.15) is 0 Å². The van der Waals surface area contributed by atoms with Crippen molar-refractivity contribution in [3.8, 4) is 0 Å². The van der Waals surface area contributed by atoms with Crippen LogP contribution in [0, 0.1) is 0 Å². The number of hydrogen-bond acceptors (Lipinski definition) is 4. The number of ether oxygens (including phenoxy) is 1. The van der Waals surface area contributed by atoms with Crippen molar-refractivity contribution in [1.82, 2.24) is 9.55 Å². The number of benzene rings is 2. The van der Waals surface area contributed by atoms with Gasteiger partial charge < -0.3 is 9.30 Å². The number of sulfone groups is 1. The van der Waals surface area contributed by atoms with Gasteiger partial charge in [-0.05, 0) is 36.4 Å². The van der Waals surface area contributed by atoms with Crippen molar-refractivity contribution in [2.45, 2.75) is 42.2 Å². The van der Waals surface area contributed by atoms with Gasteiger partial charge in [-0.1, -0.05) is 37.8 Å². The van der Waals surface area contributed by atoms with Gasteiger partial charge in [0.25, 0.3) is 0 Å². The third kappa shape index (κ3) is 4.23. The minimum absolute atomic E-state index is 0.251. The number of imidazole rings is 1.